The summed E-state index contributed by atoms with van der Waals surface area (Å²) in [4.78, 5) is 0.266. The number of sulfonamides is 2. The van der Waals surface area contributed by atoms with Gasteiger partial charge in [-0.05, 0) is 79.6 Å². The number of nitrogens with zero attached hydrogens (tertiary/aromatic N) is 2. The van der Waals surface area contributed by atoms with E-state index in [0.29, 0.717) is 18.0 Å². The van der Waals surface area contributed by atoms with Crippen LogP contribution in [0.2, 0.25) is 0 Å². The molecule has 1 saturated carbocycles. The molecule has 0 saturated heterocycles. The van der Waals surface area contributed by atoms with Gasteiger partial charge in [-0.1, -0.05) is 26.7 Å². The van der Waals surface area contributed by atoms with Crippen LogP contribution in [0.1, 0.15) is 46.0 Å². The Balaban J connectivity index is 1.76. The molecule has 3 N–H and O–H groups in total. The molecule has 0 heterocycles. The Morgan fingerprint density at radius 3 is 1.95 bits per heavy atom. The second kappa shape index (κ2) is 13.3. The number of hydrogen-bond donors (Lipinski definition) is 2. The van der Waals surface area contributed by atoms with Gasteiger partial charge in [-0.2, -0.15) is 8.61 Å². The van der Waals surface area contributed by atoms with Crippen molar-refractivity contribution in [2.45, 2.75) is 61.8 Å². The van der Waals surface area contributed by atoms with Gasteiger partial charge in [0.25, 0.3) is 0 Å². The van der Waals surface area contributed by atoms with Gasteiger partial charge in [0.15, 0.2) is 0 Å². The number of hydrogen-bond acceptors (Lipinski definition) is 7. The van der Waals surface area contributed by atoms with Crippen LogP contribution in [0.15, 0.2) is 58.3 Å². The largest absolute Gasteiger partial charge is 0.497 e. The molecule has 2 aromatic carbocycles. The average molecular weight is 568 g/mol. The minimum absolute atomic E-state index is 0.0278. The lowest BCUT2D eigenvalue weighted by atomic mass is 10.1. The number of nitrogens with two attached hydrogens (primary N) is 1. The second-order valence-corrected chi connectivity index (χ2v) is 14.3. The Labute approximate surface area is 227 Å². The highest BCUT2D eigenvalue weighted by molar-refractivity contribution is 7.89. The van der Waals surface area contributed by atoms with Crippen molar-refractivity contribution in [1.82, 2.24) is 8.61 Å². The average Bonchev–Trinajstić information content (AvgIpc) is 3.39. The number of nitrogen functional groups attached to an aromatic ring is 1. The minimum atomic E-state index is -3.87. The van der Waals surface area contributed by atoms with E-state index < -0.39 is 26.2 Å². The molecule has 0 radical (unpaired) electrons. The van der Waals surface area contributed by atoms with Crippen molar-refractivity contribution in [2.24, 2.45) is 11.8 Å². The first-order valence-corrected chi connectivity index (χ1v) is 16.0. The van der Waals surface area contributed by atoms with E-state index in [2.05, 4.69) is 0 Å². The Morgan fingerprint density at radius 1 is 0.895 bits per heavy atom. The van der Waals surface area contributed by atoms with Crippen molar-refractivity contribution in [3.05, 3.63) is 48.5 Å². The van der Waals surface area contributed by atoms with E-state index in [1.54, 1.807) is 24.3 Å². The fraction of sp³-hybridized carbons (Fsp3) is 0.556. The van der Waals surface area contributed by atoms with E-state index in [0.717, 1.165) is 25.7 Å². The first-order chi connectivity index (χ1) is 17.9. The molecular weight excluding hydrogens is 526 g/mol. The predicted octanol–water partition coefficient (Wildman–Crippen LogP) is 3.56. The number of ether oxygens (including phenoxy) is 1. The number of aliphatic hydroxyl groups excluding tert-OH is 1. The molecule has 0 bridgehead atoms. The number of rotatable bonds is 14. The van der Waals surface area contributed by atoms with Gasteiger partial charge in [0.05, 0.1) is 23.0 Å². The van der Waals surface area contributed by atoms with Crippen LogP contribution >= 0.6 is 0 Å². The van der Waals surface area contributed by atoms with Gasteiger partial charge in [-0.25, -0.2) is 16.8 Å². The lowest BCUT2D eigenvalue weighted by Gasteiger charge is -2.29. The Kier molecular flexibility index (Phi) is 10.6. The predicted molar refractivity (Wildman–Crippen MR) is 149 cm³/mol. The quantitative estimate of drug-likeness (QED) is 0.334. The topological polar surface area (TPSA) is 130 Å². The van der Waals surface area contributed by atoms with Crippen LogP contribution in [0.25, 0.3) is 0 Å². The monoisotopic (exact) mass is 567 g/mol. The summed E-state index contributed by atoms with van der Waals surface area (Å²) in [5.74, 6) is 0.840. The highest BCUT2D eigenvalue weighted by Crippen LogP contribution is 2.28. The maximum atomic E-state index is 13.5. The zero-order valence-electron chi connectivity index (χ0n) is 22.5. The number of aliphatic hydroxyl groups is 1. The third kappa shape index (κ3) is 7.92. The molecule has 38 heavy (non-hydrogen) atoms. The molecule has 0 aliphatic heterocycles. The zero-order chi connectivity index (χ0) is 27.9. The minimum Gasteiger partial charge on any atom is -0.497 e. The van der Waals surface area contributed by atoms with E-state index in [1.807, 2.05) is 13.8 Å². The fourth-order valence-corrected chi connectivity index (χ4v) is 7.95. The highest BCUT2D eigenvalue weighted by Gasteiger charge is 2.31. The Bertz CT molecular complexity index is 1230. The summed E-state index contributed by atoms with van der Waals surface area (Å²) in [5.41, 5.74) is 6.22. The normalized spacial score (nSPS) is 16.0. The summed E-state index contributed by atoms with van der Waals surface area (Å²) >= 11 is 0. The van der Waals surface area contributed by atoms with Gasteiger partial charge in [0.1, 0.15) is 5.75 Å². The summed E-state index contributed by atoms with van der Waals surface area (Å²) in [6.45, 7) is 4.37. The first-order valence-electron chi connectivity index (χ1n) is 13.1. The molecule has 11 heteroatoms. The SMILES string of the molecule is COc1ccc(S(=O)(=O)N(CC(C)C)C[C@@H](O)CCN(CC2CCCC2)S(=O)(=O)c2ccc(N)cc2)cc1. The number of benzene rings is 2. The van der Waals surface area contributed by atoms with Crippen LogP contribution in [0.4, 0.5) is 5.69 Å². The van der Waals surface area contributed by atoms with Gasteiger partial charge in [0.2, 0.25) is 20.0 Å². The summed E-state index contributed by atoms with van der Waals surface area (Å²) < 4.78 is 61.6. The van der Waals surface area contributed by atoms with Gasteiger partial charge in [-0.3, -0.25) is 0 Å². The van der Waals surface area contributed by atoms with Crippen LogP contribution in [0.3, 0.4) is 0 Å². The Hall–Kier alpha value is -2.18. The summed E-state index contributed by atoms with van der Waals surface area (Å²) in [7, 11) is -6.17. The smallest absolute Gasteiger partial charge is 0.243 e. The van der Waals surface area contributed by atoms with Crippen molar-refractivity contribution in [3.8, 4) is 5.75 Å². The van der Waals surface area contributed by atoms with Crippen molar-refractivity contribution in [2.75, 3.05) is 39.0 Å². The van der Waals surface area contributed by atoms with Crippen molar-refractivity contribution in [3.63, 3.8) is 0 Å². The van der Waals surface area contributed by atoms with Crippen LogP contribution in [0.5, 0.6) is 5.75 Å². The molecule has 3 rings (SSSR count). The van der Waals surface area contributed by atoms with Crippen molar-refractivity contribution in [1.29, 1.82) is 0 Å². The zero-order valence-corrected chi connectivity index (χ0v) is 24.1. The van der Waals surface area contributed by atoms with E-state index >= 15 is 0 Å². The van der Waals surface area contributed by atoms with E-state index in [9.17, 15) is 21.9 Å². The molecule has 2 aromatic rings. The maximum Gasteiger partial charge on any atom is 0.243 e. The number of anilines is 1. The second-order valence-electron chi connectivity index (χ2n) is 10.4. The summed E-state index contributed by atoms with van der Waals surface area (Å²) in [6.07, 6.45) is 3.16. The molecule has 1 aliphatic carbocycles. The molecule has 212 valence electrons. The van der Waals surface area contributed by atoms with Gasteiger partial charge in [-0.15, -0.1) is 0 Å². The van der Waals surface area contributed by atoms with Crippen LogP contribution in [0, 0.1) is 11.8 Å². The molecule has 0 unspecified atom stereocenters. The molecule has 9 nitrogen and oxygen atoms in total. The van der Waals surface area contributed by atoms with Crippen molar-refractivity contribution < 1.29 is 26.7 Å². The van der Waals surface area contributed by atoms with Crippen LogP contribution in [-0.2, 0) is 20.0 Å². The molecule has 1 aliphatic rings. The molecule has 0 aromatic heterocycles. The third-order valence-electron chi connectivity index (χ3n) is 6.85. The lowest BCUT2D eigenvalue weighted by Crippen LogP contribution is -2.42. The number of methoxy groups -OCH3 is 1. The van der Waals surface area contributed by atoms with E-state index in [-0.39, 0.29) is 47.7 Å². The van der Waals surface area contributed by atoms with Gasteiger partial charge < -0.3 is 15.6 Å². The van der Waals surface area contributed by atoms with E-state index in [4.69, 9.17) is 10.5 Å². The van der Waals surface area contributed by atoms with Gasteiger partial charge >= 0.3 is 0 Å². The van der Waals surface area contributed by atoms with Gasteiger partial charge in [0, 0.05) is 31.9 Å². The van der Waals surface area contributed by atoms with Crippen LogP contribution < -0.4 is 10.5 Å². The maximum absolute atomic E-state index is 13.5. The molecule has 1 fully saturated rings. The Morgan fingerprint density at radius 2 is 1.42 bits per heavy atom. The van der Waals surface area contributed by atoms with Crippen LogP contribution in [-0.4, -0.2) is 69.9 Å². The molecule has 0 spiro atoms. The highest BCUT2D eigenvalue weighted by atomic mass is 32.2. The first kappa shape index (κ1) is 30.4. The van der Waals surface area contributed by atoms with Crippen molar-refractivity contribution >= 4 is 25.7 Å². The molecular formula is C27H41N3O6S2. The fourth-order valence-electron chi connectivity index (χ4n) is 4.77. The van der Waals surface area contributed by atoms with E-state index in [1.165, 1.54) is 40.0 Å². The summed E-state index contributed by atoms with van der Waals surface area (Å²) in [5, 5.41) is 10.9. The molecule has 0 amide bonds. The standard InChI is InChI=1S/C27H41N3O6S2/c1-21(2)18-30(38(34,35)27-14-10-25(36-3)11-15-27)20-24(31)16-17-29(19-22-6-4-5-7-22)37(32,33)26-12-8-23(28)9-13-26/h8-15,21-22,24,31H,4-7,16-20,28H2,1-3H3/t24-/m0/s1. The molecule has 1 atom stereocenters. The summed E-state index contributed by atoms with van der Waals surface area (Å²) in [6, 6.07) is 12.2. The lowest BCUT2D eigenvalue weighted by molar-refractivity contribution is 0.125. The third-order valence-corrected chi connectivity index (χ3v) is 10.6.